The average molecular weight is 195 g/mol. The summed E-state index contributed by atoms with van der Waals surface area (Å²) in [7, 11) is 1.67. The first-order valence-corrected chi connectivity index (χ1v) is 3.93. The molecule has 0 saturated carbocycles. The first-order chi connectivity index (χ1) is 5.76. The molecule has 1 atom stereocenters. The fourth-order valence-corrected chi connectivity index (χ4v) is 1.49. The number of halogens is 3. The Morgan fingerprint density at radius 2 is 2.08 bits per heavy atom. The van der Waals surface area contributed by atoms with Gasteiger partial charge < -0.3 is 10.0 Å². The van der Waals surface area contributed by atoms with Crippen LogP contribution in [0.1, 0.15) is 6.42 Å². The smallest absolute Gasteiger partial charge is 0.384 e. The van der Waals surface area contributed by atoms with Crippen molar-refractivity contribution in [1.82, 2.24) is 4.90 Å². The average Bonchev–Trinajstić information content (AvgIpc) is 2.29. The molecular formula is C8H12F3NO. The molecule has 0 aromatic heterocycles. The van der Waals surface area contributed by atoms with E-state index in [1.54, 1.807) is 11.9 Å². The van der Waals surface area contributed by atoms with E-state index in [4.69, 9.17) is 0 Å². The lowest BCUT2D eigenvalue weighted by atomic mass is 9.94. The Morgan fingerprint density at radius 1 is 1.54 bits per heavy atom. The maximum atomic E-state index is 12.2. The minimum absolute atomic E-state index is 0.00530. The maximum absolute atomic E-state index is 12.2. The fourth-order valence-electron chi connectivity index (χ4n) is 1.49. The highest BCUT2D eigenvalue weighted by molar-refractivity contribution is 5.21. The molecule has 1 heterocycles. The molecule has 0 aliphatic carbocycles. The molecule has 0 spiro atoms. The highest BCUT2D eigenvalue weighted by Crippen LogP contribution is 2.37. The molecule has 0 amide bonds. The molecule has 0 radical (unpaired) electrons. The van der Waals surface area contributed by atoms with Crippen molar-refractivity contribution >= 4 is 0 Å². The molecule has 1 saturated heterocycles. The van der Waals surface area contributed by atoms with Gasteiger partial charge in [-0.25, -0.2) is 0 Å². The Bertz CT molecular complexity index is 226. The van der Waals surface area contributed by atoms with E-state index in [9.17, 15) is 18.3 Å². The summed E-state index contributed by atoms with van der Waals surface area (Å²) < 4.78 is 36.6. The Morgan fingerprint density at radius 3 is 2.38 bits per heavy atom. The Balaban J connectivity index is 2.77. The minimum atomic E-state index is -4.50. The van der Waals surface area contributed by atoms with Crippen LogP contribution < -0.4 is 0 Å². The number of rotatable bonds is 1. The Labute approximate surface area is 74.6 Å². The topological polar surface area (TPSA) is 23.5 Å². The number of nitrogens with zero attached hydrogens (tertiary/aromatic N) is 1. The first-order valence-electron chi connectivity index (χ1n) is 3.93. The van der Waals surface area contributed by atoms with Gasteiger partial charge in [-0.15, -0.1) is 0 Å². The minimum Gasteiger partial charge on any atom is -0.384 e. The fraction of sp³-hybridized carbons (Fsp3) is 0.750. The summed E-state index contributed by atoms with van der Waals surface area (Å²) in [5.41, 5.74) is -2.82. The zero-order chi connectivity index (χ0) is 10.3. The van der Waals surface area contributed by atoms with Crippen molar-refractivity contribution in [2.45, 2.75) is 18.2 Å². The van der Waals surface area contributed by atoms with Gasteiger partial charge in [-0.1, -0.05) is 6.58 Å². The molecule has 1 aliphatic rings. The van der Waals surface area contributed by atoms with Gasteiger partial charge in [0, 0.05) is 13.1 Å². The summed E-state index contributed by atoms with van der Waals surface area (Å²) in [5.74, 6) is 0. The zero-order valence-electron chi connectivity index (χ0n) is 7.36. The number of likely N-dealkylation sites (tertiary alicyclic amines) is 1. The van der Waals surface area contributed by atoms with Crippen molar-refractivity contribution in [3.8, 4) is 0 Å². The van der Waals surface area contributed by atoms with Crippen LogP contribution in [-0.2, 0) is 0 Å². The highest BCUT2D eigenvalue weighted by atomic mass is 19.4. The maximum Gasteiger partial charge on any atom is 0.414 e. The van der Waals surface area contributed by atoms with Crippen LogP contribution in [-0.4, -0.2) is 41.9 Å². The zero-order valence-corrected chi connectivity index (χ0v) is 7.36. The van der Waals surface area contributed by atoms with E-state index in [0.717, 1.165) is 0 Å². The van der Waals surface area contributed by atoms with Crippen LogP contribution in [0.5, 0.6) is 0 Å². The van der Waals surface area contributed by atoms with Crippen LogP contribution in [0.2, 0.25) is 0 Å². The van der Waals surface area contributed by atoms with E-state index in [1.165, 1.54) is 0 Å². The SMILES string of the molecule is C=C(C(F)(F)F)C1(O)CCN(C)C1. The first kappa shape index (κ1) is 10.5. The normalized spacial score (nSPS) is 30.8. The molecular weight excluding hydrogens is 183 g/mol. The van der Waals surface area contributed by atoms with E-state index in [-0.39, 0.29) is 13.0 Å². The molecule has 1 unspecified atom stereocenters. The molecule has 13 heavy (non-hydrogen) atoms. The Hall–Kier alpha value is -0.550. The monoisotopic (exact) mass is 195 g/mol. The third-order valence-corrected chi connectivity index (χ3v) is 2.34. The van der Waals surface area contributed by atoms with Crippen molar-refractivity contribution < 1.29 is 18.3 Å². The van der Waals surface area contributed by atoms with Crippen LogP contribution in [0, 0.1) is 0 Å². The largest absolute Gasteiger partial charge is 0.414 e. The van der Waals surface area contributed by atoms with E-state index in [0.29, 0.717) is 6.54 Å². The molecule has 0 aromatic carbocycles. The third kappa shape index (κ3) is 2.03. The molecule has 0 bridgehead atoms. The number of hydrogen-bond acceptors (Lipinski definition) is 2. The molecule has 2 nitrogen and oxygen atoms in total. The number of aliphatic hydroxyl groups is 1. The van der Waals surface area contributed by atoms with E-state index < -0.39 is 17.4 Å². The molecule has 1 rings (SSSR count). The molecule has 1 N–H and O–H groups in total. The van der Waals surface area contributed by atoms with Crippen molar-refractivity contribution in [1.29, 1.82) is 0 Å². The lowest BCUT2D eigenvalue weighted by Crippen LogP contribution is -2.39. The van der Waals surface area contributed by atoms with Crippen molar-refractivity contribution in [3.05, 3.63) is 12.2 Å². The van der Waals surface area contributed by atoms with Crippen LogP contribution in [0.3, 0.4) is 0 Å². The summed E-state index contributed by atoms with van der Waals surface area (Å²) in [4.78, 5) is 1.65. The van der Waals surface area contributed by atoms with Gasteiger partial charge in [0.2, 0.25) is 0 Å². The third-order valence-electron chi connectivity index (χ3n) is 2.34. The number of β-amino-alcohol motifs (C(OH)–C–C–N with tert-alkyl or cyclic N) is 1. The molecule has 5 heteroatoms. The van der Waals surface area contributed by atoms with E-state index >= 15 is 0 Å². The van der Waals surface area contributed by atoms with Gasteiger partial charge in [0.1, 0.15) is 5.60 Å². The summed E-state index contributed by atoms with van der Waals surface area (Å²) in [5, 5.41) is 9.60. The van der Waals surface area contributed by atoms with Gasteiger partial charge in [0.25, 0.3) is 0 Å². The van der Waals surface area contributed by atoms with Gasteiger partial charge in [0.05, 0.1) is 5.57 Å². The van der Waals surface area contributed by atoms with E-state index in [2.05, 4.69) is 6.58 Å². The number of hydrogen-bond donors (Lipinski definition) is 1. The second kappa shape index (κ2) is 2.99. The van der Waals surface area contributed by atoms with Gasteiger partial charge in [-0.05, 0) is 13.5 Å². The molecule has 1 aliphatic heterocycles. The lowest BCUT2D eigenvalue weighted by Gasteiger charge is -2.26. The van der Waals surface area contributed by atoms with Gasteiger partial charge in [0.15, 0.2) is 0 Å². The summed E-state index contributed by atoms with van der Waals surface area (Å²) in [6, 6.07) is 0. The summed E-state index contributed by atoms with van der Waals surface area (Å²) in [6.45, 7) is 3.38. The molecule has 76 valence electrons. The summed E-state index contributed by atoms with van der Waals surface area (Å²) >= 11 is 0. The van der Waals surface area contributed by atoms with Gasteiger partial charge in [-0.2, -0.15) is 13.2 Å². The molecule has 1 fully saturated rings. The predicted octanol–water partition coefficient (Wildman–Crippen LogP) is 1.17. The standard InChI is InChI=1S/C8H12F3NO/c1-6(8(9,10)11)7(13)3-4-12(2)5-7/h13H,1,3-5H2,2H3. The van der Waals surface area contributed by atoms with Crippen molar-refractivity contribution in [2.75, 3.05) is 20.1 Å². The second-order valence-electron chi connectivity index (χ2n) is 3.50. The van der Waals surface area contributed by atoms with Crippen LogP contribution >= 0.6 is 0 Å². The second-order valence-corrected chi connectivity index (χ2v) is 3.50. The van der Waals surface area contributed by atoms with Crippen LogP contribution in [0.4, 0.5) is 13.2 Å². The van der Waals surface area contributed by atoms with E-state index in [1.807, 2.05) is 0 Å². The number of likely N-dealkylation sites (N-methyl/N-ethyl adjacent to an activating group) is 1. The summed E-state index contributed by atoms with van der Waals surface area (Å²) in [6.07, 6.45) is -4.40. The lowest BCUT2D eigenvalue weighted by molar-refractivity contribution is -0.118. The van der Waals surface area contributed by atoms with Crippen molar-refractivity contribution in [2.24, 2.45) is 0 Å². The van der Waals surface area contributed by atoms with Gasteiger partial charge >= 0.3 is 6.18 Å². The predicted molar refractivity (Wildman–Crippen MR) is 42.3 cm³/mol. The van der Waals surface area contributed by atoms with Crippen LogP contribution in [0.25, 0.3) is 0 Å². The van der Waals surface area contributed by atoms with Crippen LogP contribution in [0.15, 0.2) is 12.2 Å². The quantitative estimate of drug-likeness (QED) is 0.635. The molecule has 0 aromatic rings. The Kier molecular flexibility index (Phi) is 2.42. The number of alkyl halides is 3. The van der Waals surface area contributed by atoms with Crippen molar-refractivity contribution in [3.63, 3.8) is 0 Å². The van der Waals surface area contributed by atoms with Gasteiger partial charge in [-0.3, -0.25) is 0 Å². The highest BCUT2D eigenvalue weighted by Gasteiger charge is 2.48.